The molecule has 0 aliphatic heterocycles. The molecule has 0 spiro atoms. The largest absolute Gasteiger partial charge is 0.496 e. The minimum Gasteiger partial charge on any atom is -0.496 e. The molecule has 2 aromatic rings. The summed E-state index contributed by atoms with van der Waals surface area (Å²) in [6.45, 7) is 0.792. The summed E-state index contributed by atoms with van der Waals surface area (Å²) in [7, 11) is 3.16. The number of methoxy groups -OCH3 is 1. The molecule has 0 fully saturated rings. The van der Waals surface area contributed by atoms with Gasteiger partial charge in [0.25, 0.3) is 0 Å². The summed E-state index contributed by atoms with van der Waals surface area (Å²) in [5.74, 6) is 0.0476. The fourth-order valence-electron chi connectivity index (χ4n) is 2.91. The number of hydrogen-bond donors (Lipinski definition) is 1. The van der Waals surface area contributed by atoms with Gasteiger partial charge in [0.05, 0.1) is 12.7 Å². The molecule has 0 saturated heterocycles. The predicted octanol–water partition coefficient (Wildman–Crippen LogP) is 4.65. The van der Waals surface area contributed by atoms with Gasteiger partial charge in [0.1, 0.15) is 5.75 Å². The molecule has 1 atom stereocenters. The Hall–Kier alpha value is -2.01. The Morgan fingerprint density at radius 1 is 1.04 bits per heavy atom. The molecular weight excluding hydrogens is 315 g/mol. The first-order valence-electron chi connectivity index (χ1n) is 7.90. The number of ether oxygens (including phenoxy) is 1. The summed E-state index contributed by atoms with van der Waals surface area (Å²) in [5.41, 5.74) is 0.979. The van der Waals surface area contributed by atoms with Gasteiger partial charge in [-0.2, -0.15) is 13.2 Å². The maximum Gasteiger partial charge on any atom is 0.419 e. The van der Waals surface area contributed by atoms with E-state index < -0.39 is 11.7 Å². The fourth-order valence-corrected chi connectivity index (χ4v) is 2.91. The summed E-state index contributed by atoms with van der Waals surface area (Å²) in [5, 5.41) is 3.11. The molecule has 24 heavy (non-hydrogen) atoms. The predicted molar refractivity (Wildman–Crippen MR) is 89.4 cm³/mol. The van der Waals surface area contributed by atoms with Crippen molar-refractivity contribution in [1.82, 2.24) is 5.32 Å². The molecule has 0 aromatic heterocycles. The van der Waals surface area contributed by atoms with Crippen LogP contribution in [0, 0.1) is 0 Å². The van der Waals surface area contributed by atoms with E-state index in [-0.39, 0.29) is 11.7 Å². The molecule has 0 saturated carbocycles. The standard InChI is InChI=1S/C19H22F3NO/c1-23-12-11-15(14-7-4-3-5-8-14)13-16-9-6-10-17(18(16)24-2)19(20,21)22/h3-10,15,23H,11-13H2,1-2H3. The van der Waals surface area contributed by atoms with Gasteiger partial charge >= 0.3 is 6.18 Å². The van der Waals surface area contributed by atoms with E-state index in [0.717, 1.165) is 24.6 Å². The van der Waals surface area contributed by atoms with E-state index in [4.69, 9.17) is 4.74 Å². The monoisotopic (exact) mass is 337 g/mol. The first kappa shape index (κ1) is 18.3. The van der Waals surface area contributed by atoms with Gasteiger partial charge in [-0.3, -0.25) is 0 Å². The number of rotatable bonds is 7. The Labute approximate surface area is 140 Å². The molecule has 0 bridgehead atoms. The Kier molecular flexibility index (Phi) is 6.26. The topological polar surface area (TPSA) is 21.3 Å². The van der Waals surface area contributed by atoms with E-state index in [1.807, 2.05) is 37.4 Å². The lowest BCUT2D eigenvalue weighted by molar-refractivity contribution is -0.138. The van der Waals surface area contributed by atoms with Crippen molar-refractivity contribution in [2.45, 2.75) is 24.9 Å². The van der Waals surface area contributed by atoms with Crippen molar-refractivity contribution in [3.8, 4) is 5.75 Å². The van der Waals surface area contributed by atoms with Crippen LogP contribution in [-0.4, -0.2) is 20.7 Å². The summed E-state index contributed by atoms with van der Waals surface area (Å²) in [4.78, 5) is 0. The van der Waals surface area contributed by atoms with E-state index in [1.165, 1.54) is 13.2 Å². The first-order chi connectivity index (χ1) is 11.5. The second-order valence-corrected chi connectivity index (χ2v) is 5.70. The lowest BCUT2D eigenvalue weighted by atomic mass is 9.88. The smallest absolute Gasteiger partial charge is 0.419 e. The van der Waals surface area contributed by atoms with Crippen LogP contribution in [0.4, 0.5) is 13.2 Å². The van der Waals surface area contributed by atoms with Crippen molar-refractivity contribution in [3.05, 3.63) is 65.2 Å². The minimum absolute atomic E-state index is 0.0737. The maximum absolute atomic E-state index is 13.2. The second kappa shape index (κ2) is 8.20. The third-order valence-corrected chi connectivity index (χ3v) is 4.09. The van der Waals surface area contributed by atoms with Crippen molar-refractivity contribution in [1.29, 1.82) is 0 Å². The van der Waals surface area contributed by atoms with Gasteiger partial charge in [0.2, 0.25) is 0 Å². The molecule has 0 heterocycles. The number of para-hydroxylation sites is 1. The van der Waals surface area contributed by atoms with Gasteiger partial charge in [-0.05, 0) is 49.5 Å². The quantitative estimate of drug-likeness (QED) is 0.794. The molecule has 5 heteroatoms. The molecule has 1 unspecified atom stereocenters. The van der Waals surface area contributed by atoms with Crippen LogP contribution in [0.5, 0.6) is 5.75 Å². The van der Waals surface area contributed by atoms with E-state index in [2.05, 4.69) is 5.32 Å². The van der Waals surface area contributed by atoms with E-state index in [1.54, 1.807) is 6.07 Å². The van der Waals surface area contributed by atoms with Gasteiger partial charge in [-0.15, -0.1) is 0 Å². The van der Waals surface area contributed by atoms with Crippen LogP contribution in [0.3, 0.4) is 0 Å². The molecule has 0 aliphatic carbocycles. The average molecular weight is 337 g/mol. The second-order valence-electron chi connectivity index (χ2n) is 5.70. The van der Waals surface area contributed by atoms with Crippen LogP contribution < -0.4 is 10.1 Å². The minimum atomic E-state index is -4.42. The van der Waals surface area contributed by atoms with Crippen molar-refractivity contribution in [2.75, 3.05) is 20.7 Å². The summed E-state index contributed by atoms with van der Waals surface area (Å²) in [6, 6.07) is 14.1. The third kappa shape index (κ3) is 4.51. The Bertz CT molecular complexity index is 641. The van der Waals surface area contributed by atoms with E-state index in [9.17, 15) is 13.2 Å². The molecule has 2 nitrogen and oxygen atoms in total. The molecular formula is C19H22F3NO. The van der Waals surface area contributed by atoms with E-state index >= 15 is 0 Å². The Balaban J connectivity index is 2.35. The van der Waals surface area contributed by atoms with Crippen LogP contribution in [0.1, 0.15) is 29.0 Å². The van der Waals surface area contributed by atoms with Crippen LogP contribution in [0.2, 0.25) is 0 Å². The summed E-state index contributed by atoms with van der Waals surface area (Å²) < 4.78 is 44.7. The molecule has 2 aromatic carbocycles. The van der Waals surface area contributed by atoms with Crippen LogP contribution in [0.15, 0.2) is 48.5 Å². The number of halogens is 3. The lowest BCUT2D eigenvalue weighted by Gasteiger charge is -2.21. The van der Waals surface area contributed by atoms with Gasteiger partial charge < -0.3 is 10.1 Å². The Morgan fingerprint density at radius 3 is 2.33 bits per heavy atom. The van der Waals surface area contributed by atoms with Crippen molar-refractivity contribution >= 4 is 0 Å². The first-order valence-corrected chi connectivity index (χ1v) is 7.90. The number of hydrogen-bond acceptors (Lipinski definition) is 2. The number of nitrogens with one attached hydrogen (secondary N) is 1. The highest BCUT2D eigenvalue weighted by atomic mass is 19.4. The Morgan fingerprint density at radius 2 is 1.75 bits per heavy atom. The van der Waals surface area contributed by atoms with Crippen molar-refractivity contribution < 1.29 is 17.9 Å². The van der Waals surface area contributed by atoms with Crippen LogP contribution in [0.25, 0.3) is 0 Å². The van der Waals surface area contributed by atoms with Gasteiger partial charge in [-0.1, -0.05) is 42.5 Å². The summed E-state index contributed by atoms with van der Waals surface area (Å²) >= 11 is 0. The number of benzene rings is 2. The molecule has 130 valence electrons. The molecule has 2 rings (SSSR count). The summed E-state index contributed by atoms with van der Waals surface area (Å²) in [6.07, 6.45) is -3.09. The highest BCUT2D eigenvalue weighted by Gasteiger charge is 2.35. The third-order valence-electron chi connectivity index (χ3n) is 4.09. The van der Waals surface area contributed by atoms with Crippen molar-refractivity contribution in [2.24, 2.45) is 0 Å². The van der Waals surface area contributed by atoms with Crippen LogP contribution in [-0.2, 0) is 12.6 Å². The highest BCUT2D eigenvalue weighted by Crippen LogP contribution is 2.39. The normalized spacial score (nSPS) is 12.9. The fraction of sp³-hybridized carbons (Fsp3) is 0.368. The van der Waals surface area contributed by atoms with Gasteiger partial charge in [0, 0.05) is 0 Å². The molecule has 0 aliphatic rings. The zero-order chi connectivity index (χ0) is 17.6. The molecule has 0 radical (unpaired) electrons. The zero-order valence-corrected chi connectivity index (χ0v) is 13.9. The maximum atomic E-state index is 13.2. The average Bonchev–Trinajstić information content (AvgIpc) is 2.58. The van der Waals surface area contributed by atoms with Gasteiger partial charge in [0.15, 0.2) is 0 Å². The SMILES string of the molecule is CNCCC(Cc1cccc(C(F)(F)F)c1OC)c1ccccc1. The van der Waals surface area contributed by atoms with Gasteiger partial charge in [-0.25, -0.2) is 0 Å². The number of alkyl halides is 3. The van der Waals surface area contributed by atoms with Crippen molar-refractivity contribution in [3.63, 3.8) is 0 Å². The van der Waals surface area contributed by atoms with E-state index in [0.29, 0.717) is 12.0 Å². The molecule has 0 amide bonds. The highest BCUT2D eigenvalue weighted by molar-refractivity contribution is 5.44. The van der Waals surface area contributed by atoms with Crippen LogP contribution >= 0.6 is 0 Å². The molecule has 1 N–H and O–H groups in total. The lowest BCUT2D eigenvalue weighted by Crippen LogP contribution is -2.15. The zero-order valence-electron chi connectivity index (χ0n) is 13.9.